The van der Waals surface area contributed by atoms with Gasteiger partial charge in [-0.25, -0.2) is 0 Å². The summed E-state index contributed by atoms with van der Waals surface area (Å²) in [5.41, 5.74) is 0.0708. The zero-order chi connectivity index (χ0) is 37.3. The predicted octanol–water partition coefficient (Wildman–Crippen LogP) is 1.31. The van der Waals surface area contributed by atoms with Gasteiger partial charge >= 0.3 is 0 Å². The van der Waals surface area contributed by atoms with E-state index in [4.69, 9.17) is 14.5 Å². The highest BCUT2D eigenvalue weighted by Crippen LogP contribution is 2.41. The van der Waals surface area contributed by atoms with Crippen molar-refractivity contribution in [2.24, 2.45) is 4.99 Å². The normalized spacial score (nSPS) is 22.9. The minimum absolute atomic E-state index is 0.161. The maximum Gasteiger partial charge on any atom is 0.263 e. The average Bonchev–Trinajstić information content (AvgIpc) is 3.90. The molecule has 4 fully saturated rings. The Bertz CT molecular complexity index is 2130. The monoisotopic (exact) mass is 744 g/mol. The summed E-state index contributed by atoms with van der Waals surface area (Å²) in [6, 6.07) is 3.53. The van der Waals surface area contributed by atoms with E-state index in [9.17, 15) is 19.5 Å². The van der Waals surface area contributed by atoms with Gasteiger partial charge in [0.05, 0.1) is 47.0 Å². The van der Waals surface area contributed by atoms with Crippen LogP contribution in [0, 0.1) is 0 Å². The third-order valence-electron chi connectivity index (χ3n) is 12.2. The van der Waals surface area contributed by atoms with Crippen LogP contribution >= 0.6 is 0 Å². The van der Waals surface area contributed by atoms with Gasteiger partial charge < -0.3 is 39.5 Å². The van der Waals surface area contributed by atoms with Crippen molar-refractivity contribution in [3.8, 4) is 17.0 Å². The van der Waals surface area contributed by atoms with Crippen molar-refractivity contribution in [1.29, 1.82) is 0 Å². The highest BCUT2D eigenvalue weighted by Gasteiger charge is 2.31. The number of hydrogen-bond donors (Lipinski definition) is 2. The molecular weight excluding hydrogens is 688 g/mol. The van der Waals surface area contributed by atoms with Crippen LogP contribution in [0.5, 0.6) is 5.88 Å². The Morgan fingerprint density at radius 3 is 1.94 bits per heavy atom. The van der Waals surface area contributed by atoms with Crippen LogP contribution < -0.4 is 27.4 Å². The van der Waals surface area contributed by atoms with Crippen molar-refractivity contribution in [1.82, 2.24) is 28.7 Å². The molecule has 0 bridgehead atoms. The molecule has 0 radical (unpaired) electrons. The maximum atomic E-state index is 14.6. The third-order valence-corrected chi connectivity index (χ3v) is 12.2. The number of rotatable bonds is 13. The summed E-state index contributed by atoms with van der Waals surface area (Å²) >= 11 is 0. The Balaban J connectivity index is 1.25. The van der Waals surface area contributed by atoms with E-state index in [1.165, 1.54) is 9.13 Å². The van der Waals surface area contributed by atoms with Crippen LogP contribution in [-0.2, 0) is 22.6 Å². The Kier molecular flexibility index (Phi) is 11.2. The molecule has 8 rings (SSSR count). The molecule has 292 valence electrons. The van der Waals surface area contributed by atoms with Gasteiger partial charge in [0, 0.05) is 101 Å². The average molecular weight is 745 g/mol. The van der Waals surface area contributed by atoms with Gasteiger partial charge in [0.15, 0.2) is 0 Å². The lowest BCUT2D eigenvalue weighted by molar-refractivity contribution is 0.0942. The van der Waals surface area contributed by atoms with Crippen molar-refractivity contribution in [2.45, 2.75) is 63.8 Å². The number of nitrogens with one attached hydrogen (secondary N) is 1. The fourth-order valence-corrected chi connectivity index (χ4v) is 8.90. The molecule has 14 nitrogen and oxygen atoms in total. The number of piperazine rings is 2. The first kappa shape index (κ1) is 37.3. The number of aromatic nitrogens is 2. The highest BCUT2D eigenvalue weighted by molar-refractivity contribution is 6.18. The van der Waals surface area contributed by atoms with E-state index in [1.54, 1.807) is 12.1 Å². The number of benzene rings is 2. The van der Waals surface area contributed by atoms with Gasteiger partial charge in [0.25, 0.3) is 16.7 Å². The molecule has 2 aromatic rings. The Morgan fingerprint density at radius 2 is 1.33 bits per heavy atom. The van der Waals surface area contributed by atoms with Crippen molar-refractivity contribution < 1.29 is 14.6 Å². The molecule has 54 heavy (non-hydrogen) atoms. The quantitative estimate of drug-likeness (QED) is 0.152. The second kappa shape index (κ2) is 16.2. The molecule has 1 aromatic carbocycles. The van der Waals surface area contributed by atoms with Gasteiger partial charge in [-0.1, -0.05) is 0 Å². The first-order chi connectivity index (χ1) is 26.3. The topological polar surface area (TPSA) is 137 Å². The number of hydrogen-bond acceptors (Lipinski definition) is 12. The van der Waals surface area contributed by atoms with E-state index in [2.05, 4.69) is 39.0 Å². The lowest BCUT2D eigenvalue weighted by Gasteiger charge is -2.32. The van der Waals surface area contributed by atoms with E-state index >= 15 is 0 Å². The fraction of sp³-hybridized carbons (Fsp3) is 0.650. The van der Waals surface area contributed by atoms with Crippen molar-refractivity contribution in [3.05, 3.63) is 48.6 Å². The number of nitrogens with zero attached hydrogens (tertiary/aromatic N) is 7. The first-order valence-corrected chi connectivity index (χ1v) is 20.1. The molecule has 1 aliphatic carbocycles. The van der Waals surface area contributed by atoms with E-state index in [1.807, 2.05) is 0 Å². The van der Waals surface area contributed by atoms with Gasteiger partial charge in [-0.2, -0.15) is 0 Å². The molecule has 14 heteroatoms. The Labute approximate surface area is 315 Å². The molecule has 2 N–H and O–H groups in total. The van der Waals surface area contributed by atoms with Crippen molar-refractivity contribution in [3.63, 3.8) is 0 Å². The predicted molar refractivity (Wildman–Crippen MR) is 211 cm³/mol. The molecule has 0 saturated carbocycles. The van der Waals surface area contributed by atoms with Gasteiger partial charge in [-0.15, -0.1) is 0 Å². The van der Waals surface area contributed by atoms with Crippen molar-refractivity contribution >= 4 is 27.2 Å². The van der Waals surface area contributed by atoms with Crippen LogP contribution in [0.2, 0.25) is 0 Å². The summed E-state index contributed by atoms with van der Waals surface area (Å²) in [5.74, 6) is -0.185. The number of pyridine rings is 2. The van der Waals surface area contributed by atoms with Crippen LogP contribution in [0.4, 0.5) is 5.69 Å². The van der Waals surface area contributed by atoms with Gasteiger partial charge in [-0.3, -0.25) is 28.5 Å². The zero-order valence-electron chi connectivity index (χ0n) is 32.0. The summed E-state index contributed by atoms with van der Waals surface area (Å²) < 4.78 is 14.5. The van der Waals surface area contributed by atoms with Crippen molar-refractivity contribution in [2.75, 3.05) is 111 Å². The molecule has 0 spiro atoms. The molecule has 6 heterocycles. The molecular formula is C40H56N8O6. The molecule has 2 unspecified atom stereocenters. The van der Waals surface area contributed by atoms with Gasteiger partial charge in [0.1, 0.15) is 0 Å². The lowest BCUT2D eigenvalue weighted by Crippen LogP contribution is -2.44. The molecule has 6 aliphatic rings. The second-order valence-electron chi connectivity index (χ2n) is 16.0. The molecule has 5 aliphatic heterocycles. The molecule has 4 saturated heterocycles. The minimum Gasteiger partial charge on any atom is -0.494 e. The summed E-state index contributed by atoms with van der Waals surface area (Å²) in [5, 5.41) is 17.5. The highest BCUT2D eigenvalue weighted by atomic mass is 16.5. The summed E-state index contributed by atoms with van der Waals surface area (Å²) in [6.07, 6.45) is 4.59. The fourth-order valence-electron chi connectivity index (χ4n) is 8.90. The van der Waals surface area contributed by atoms with Crippen LogP contribution in [0.25, 0.3) is 32.7 Å². The lowest BCUT2D eigenvalue weighted by atomic mass is 9.89. The van der Waals surface area contributed by atoms with Crippen LogP contribution in [-0.4, -0.2) is 152 Å². The Morgan fingerprint density at radius 1 is 0.741 bits per heavy atom. The summed E-state index contributed by atoms with van der Waals surface area (Å²) in [6.45, 7) is 12.7. The van der Waals surface area contributed by atoms with Crippen LogP contribution in [0.15, 0.2) is 31.5 Å². The first-order valence-electron chi connectivity index (χ1n) is 20.1. The smallest absolute Gasteiger partial charge is 0.263 e. The van der Waals surface area contributed by atoms with Crippen LogP contribution in [0.1, 0.15) is 38.5 Å². The summed E-state index contributed by atoms with van der Waals surface area (Å²) in [7, 11) is 4.29. The molecule has 0 amide bonds. The maximum absolute atomic E-state index is 14.6. The number of aromatic hydroxyl groups is 1. The molecule has 1 aromatic heterocycles. The third kappa shape index (κ3) is 7.48. The summed E-state index contributed by atoms with van der Waals surface area (Å²) in [4.78, 5) is 58.2. The van der Waals surface area contributed by atoms with Gasteiger partial charge in [0.2, 0.25) is 5.88 Å². The van der Waals surface area contributed by atoms with E-state index < -0.39 is 11.1 Å². The van der Waals surface area contributed by atoms with Crippen LogP contribution in [0.3, 0.4) is 0 Å². The number of anilines is 1. The Hall–Kier alpha value is -3.66. The second-order valence-corrected chi connectivity index (χ2v) is 16.0. The zero-order valence-corrected chi connectivity index (χ0v) is 32.0. The van der Waals surface area contributed by atoms with E-state index in [-0.39, 0.29) is 36.7 Å². The van der Waals surface area contributed by atoms with E-state index in [0.717, 1.165) is 104 Å². The van der Waals surface area contributed by atoms with E-state index in [0.29, 0.717) is 70.0 Å². The standard InChI is InChI=1S/C40H56N8O6/c1-43-13-17-45(18-14-43)11-5-9-41-31-23-29-34-33-30(38(50)47(39(51)35(31)33)25-27-7-3-21-53-27)24-32(42-10-6-12-46-19-15-44(2)16-20-46)36(34)40(52)48(37(29)49)26-28-8-4-22-54-28/h23-24,27-28,41,49H,3-22,25-26H2,1-2H3. The number of likely N-dealkylation sites (N-methyl/N-ethyl adjacent to an activating group) is 2. The minimum atomic E-state index is -0.421. The number of ether oxygens (including phenoxy) is 2. The molecule has 2 atom stereocenters. The van der Waals surface area contributed by atoms with Gasteiger partial charge in [-0.05, 0) is 77.8 Å². The SMILES string of the molecule is CN1CCN(CCCN=c2cc3c(=O)n(CC4CCCO4)c(=O)c4c(NCCCN5CCN(C)CC5)cc5c(O)n(CC6CCCO6)c(=O)c2c5c4-3)CC1. The largest absolute Gasteiger partial charge is 0.494 e.